The van der Waals surface area contributed by atoms with E-state index in [2.05, 4.69) is 5.32 Å². The van der Waals surface area contributed by atoms with Crippen LogP contribution in [0.25, 0.3) is 0 Å². The average Bonchev–Trinajstić information content (AvgIpc) is 2.20. The number of carbonyl (C=O) groups is 1. The lowest BCUT2D eigenvalue weighted by atomic mass is 10.2. The van der Waals surface area contributed by atoms with Crippen molar-refractivity contribution in [3.05, 3.63) is 28.8 Å². The first kappa shape index (κ1) is 12.0. The Morgan fingerprint density at radius 3 is 2.80 bits per heavy atom. The summed E-state index contributed by atoms with van der Waals surface area (Å²) in [6.07, 6.45) is 0. The Morgan fingerprint density at radius 1 is 1.53 bits per heavy atom. The van der Waals surface area contributed by atoms with Gasteiger partial charge in [0.25, 0.3) is 0 Å². The van der Waals surface area contributed by atoms with Gasteiger partial charge in [0.15, 0.2) is 0 Å². The highest BCUT2D eigenvalue weighted by molar-refractivity contribution is 6.31. The Bertz CT molecular complexity index is 352. The van der Waals surface area contributed by atoms with E-state index in [9.17, 15) is 4.79 Å². The summed E-state index contributed by atoms with van der Waals surface area (Å²) < 4.78 is 5.03. The van der Waals surface area contributed by atoms with Gasteiger partial charge in [-0.25, -0.2) is 0 Å². The second-order valence-corrected chi connectivity index (χ2v) is 3.67. The van der Waals surface area contributed by atoms with E-state index in [1.807, 2.05) is 12.1 Å². The predicted octanol–water partition coefficient (Wildman–Crippen LogP) is 2.03. The van der Waals surface area contributed by atoms with Crippen molar-refractivity contribution >= 4 is 17.4 Å². The maximum atomic E-state index is 10.7. The molecule has 0 amide bonds. The number of hydrogen-bond acceptors (Lipinski definition) is 3. The zero-order valence-corrected chi connectivity index (χ0v) is 9.60. The summed E-state index contributed by atoms with van der Waals surface area (Å²) in [4.78, 5) is 10.7. The smallest absolute Gasteiger partial charge is 0.143 e. The van der Waals surface area contributed by atoms with E-state index in [-0.39, 0.29) is 5.78 Å². The quantitative estimate of drug-likeness (QED) is 0.837. The van der Waals surface area contributed by atoms with Crippen LogP contribution in [0.2, 0.25) is 5.02 Å². The Labute approximate surface area is 94.4 Å². The molecule has 82 valence electrons. The number of benzene rings is 1. The lowest BCUT2D eigenvalue weighted by Crippen LogP contribution is -2.20. The van der Waals surface area contributed by atoms with E-state index >= 15 is 0 Å². The minimum atomic E-state index is 0.111. The van der Waals surface area contributed by atoms with Crippen LogP contribution in [0.1, 0.15) is 12.5 Å². The highest BCUT2D eigenvalue weighted by atomic mass is 35.5. The number of Topliss-reactive ketones (excluding diaryl/α,β-unsaturated/α-hetero) is 1. The van der Waals surface area contributed by atoms with Crippen molar-refractivity contribution in [1.29, 1.82) is 0 Å². The van der Waals surface area contributed by atoms with Gasteiger partial charge in [0.2, 0.25) is 0 Å². The van der Waals surface area contributed by atoms with Crippen molar-refractivity contribution in [2.45, 2.75) is 13.5 Å². The molecule has 0 aliphatic rings. The average molecular weight is 228 g/mol. The fourth-order valence-electron chi connectivity index (χ4n) is 1.17. The number of halogens is 1. The van der Waals surface area contributed by atoms with Gasteiger partial charge in [-0.15, -0.1) is 0 Å². The van der Waals surface area contributed by atoms with E-state index in [4.69, 9.17) is 16.3 Å². The highest BCUT2D eigenvalue weighted by Crippen LogP contribution is 2.21. The van der Waals surface area contributed by atoms with Crippen molar-refractivity contribution in [3.63, 3.8) is 0 Å². The third-order valence-electron chi connectivity index (χ3n) is 1.95. The lowest BCUT2D eigenvalue weighted by molar-refractivity contribution is -0.116. The third kappa shape index (κ3) is 3.90. The van der Waals surface area contributed by atoms with E-state index in [1.165, 1.54) is 0 Å². The molecule has 0 aliphatic heterocycles. The number of rotatable bonds is 5. The summed E-state index contributed by atoms with van der Waals surface area (Å²) in [6, 6.07) is 5.48. The summed E-state index contributed by atoms with van der Waals surface area (Å²) in [5, 5.41) is 3.65. The molecule has 0 bridgehead atoms. The van der Waals surface area contributed by atoms with Crippen LogP contribution in [0.3, 0.4) is 0 Å². The fourth-order valence-corrected chi connectivity index (χ4v) is 1.41. The van der Waals surface area contributed by atoms with E-state index in [1.54, 1.807) is 20.1 Å². The monoisotopic (exact) mass is 227 g/mol. The molecule has 0 atom stereocenters. The molecule has 0 heterocycles. The molecule has 1 N–H and O–H groups in total. The summed E-state index contributed by atoms with van der Waals surface area (Å²) in [7, 11) is 1.60. The Kier molecular flexibility index (Phi) is 4.59. The first-order chi connectivity index (χ1) is 7.13. The molecular formula is C11H14ClNO2. The summed E-state index contributed by atoms with van der Waals surface area (Å²) in [5.74, 6) is 0.843. The zero-order chi connectivity index (χ0) is 11.3. The number of ether oxygens (including phenoxy) is 1. The number of carbonyl (C=O) groups excluding carboxylic acids is 1. The summed E-state index contributed by atoms with van der Waals surface area (Å²) in [5.41, 5.74) is 0.957. The normalized spacial score (nSPS) is 10.1. The molecule has 0 saturated heterocycles. The lowest BCUT2D eigenvalue weighted by Gasteiger charge is -2.07. The zero-order valence-electron chi connectivity index (χ0n) is 8.84. The molecule has 1 rings (SSSR count). The summed E-state index contributed by atoms with van der Waals surface area (Å²) in [6.45, 7) is 2.49. The maximum Gasteiger partial charge on any atom is 0.143 e. The molecule has 15 heavy (non-hydrogen) atoms. The van der Waals surface area contributed by atoms with E-state index < -0.39 is 0 Å². The molecule has 0 spiro atoms. The van der Waals surface area contributed by atoms with Crippen molar-refractivity contribution in [1.82, 2.24) is 5.32 Å². The van der Waals surface area contributed by atoms with Gasteiger partial charge in [-0.2, -0.15) is 0 Å². The van der Waals surface area contributed by atoms with Gasteiger partial charge >= 0.3 is 0 Å². The Morgan fingerprint density at radius 2 is 2.27 bits per heavy atom. The van der Waals surface area contributed by atoms with Crippen LogP contribution in [-0.4, -0.2) is 19.4 Å². The van der Waals surface area contributed by atoms with E-state index in [0.717, 1.165) is 11.3 Å². The second-order valence-electron chi connectivity index (χ2n) is 3.26. The largest absolute Gasteiger partial charge is 0.497 e. The van der Waals surface area contributed by atoms with Crippen molar-refractivity contribution < 1.29 is 9.53 Å². The third-order valence-corrected chi connectivity index (χ3v) is 2.30. The van der Waals surface area contributed by atoms with Crippen LogP contribution in [0, 0.1) is 0 Å². The van der Waals surface area contributed by atoms with Gasteiger partial charge < -0.3 is 10.1 Å². The number of methoxy groups -OCH3 is 1. The minimum Gasteiger partial charge on any atom is -0.497 e. The van der Waals surface area contributed by atoms with Crippen molar-refractivity contribution in [2.75, 3.05) is 13.7 Å². The minimum absolute atomic E-state index is 0.111. The first-order valence-electron chi connectivity index (χ1n) is 4.66. The molecular weight excluding hydrogens is 214 g/mol. The molecule has 0 unspecified atom stereocenters. The van der Waals surface area contributed by atoms with Crippen LogP contribution < -0.4 is 10.1 Å². The summed E-state index contributed by atoms with van der Waals surface area (Å²) >= 11 is 6.02. The van der Waals surface area contributed by atoms with Crippen LogP contribution >= 0.6 is 11.6 Å². The van der Waals surface area contributed by atoms with Gasteiger partial charge in [0.05, 0.1) is 13.7 Å². The van der Waals surface area contributed by atoms with Crippen LogP contribution in [0.5, 0.6) is 5.75 Å². The molecule has 1 aromatic carbocycles. The topological polar surface area (TPSA) is 38.3 Å². The number of ketones is 1. The number of hydrogen-bond donors (Lipinski definition) is 1. The standard InChI is InChI=1S/C11H14ClNO2/c1-8(14)6-13-7-9-3-4-10(15-2)5-11(9)12/h3-5,13H,6-7H2,1-2H3. The molecule has 0 aromatic heterocycles. The fraction of sp³-hybridized carbons (Fsp3) is 0.364. The van der Waals surface area contributed by atoms with Gasteiger partial charge in [-0.1, -0.05) is 17.7 Å². The highest BCUT2D eigenvalue weighted by Gasteiger charge is 2.02. The first-order valence-corrected chi connectivity index (χ1v) is 5.04. The second kappa shape index (κ2) is 5.73. The van der Waals surface area contributed by atoms with E-state index in [0.29, 0.717) is 18.1 Å². The van der Waals surface area contributed by atoms with Crippen molar-refractivity contribution in [3.8, 4) is 5.75 Å². The van der Waals surface area contributed by atoms with Gasteiger partial charge in [0, 0.05) is 11.6 Å². The van der Waals surface area contributed by atoms with Crippen LogP contribution in [-0.2, 0) is 11.3 Å². The molecule has 0 radical (unpaired) electrons. The maximum absolute atomic E-state index is 10.7. The number of nitrogens with one attached hydrogen (secondary N) is 1. The molecule has 1 aromatic rings. The Hall–Kier alpha value is -1.06. The van der Waals surface area contributed by atoms with Gasteiger partial charge in [-0.3, -0.25) is 4.79 Å². The molecule has 0 fully saturated rings. The predicted molar refractivity (Wildman–Crippen MR) is 60.4 cm³/mol. The SMILES string of the molecule is COc1ccc(CNCC(C)=O)c(Cl)c1. The molecule has 4 heteroatoms. The van der Waals surface area contributed by atoms with Crippen LogP contribution in [0.4, 0.5) is 0 Å². The van der Waals surface area contributed by atoms with Crippen LogP contribution in [0.15, 0.2) is 18.2 Å². The molecule has 0 aliphatic carbocycles. The molecule has 0 saturated carbocycles. The van der Waals surface area contributed by atoms with Gasteiger partial charge in [-0.05, 0) is 24.6 Å². The molecule has 3 nitrogen and oxygen atoms in total. The Balaban J connectivity index is 2.58. The van der Waals surface area contributed by atoms with Crippen molar-refractivity contribution in [2.24, 2.45) is 0 Å². The van der Waals surface area contributed by atoms with Gasteiger partial charge in [0.1, 0.15) is 11.5 Å².